The number of nitrogens with zero attached hydrogens (tertiary/aromatic N) is 3. The first kappa shape index (κ1) is 21.4. The molecule has 1 aliphatic rings. The number of anilines is 2. The molecule has 6 nitrogen and oxygen atoms in total. The molecule has 3 aromatic rings. The third kappa shape index (κ3) is 5.09. The fourth-order valence-electron chi connectivity index (χ4n) is 3.66. The van der Waals surface area contributed by atoms with E-state index in [-0.39, 0.29) is 11.8 Å². The standard InChI is InChI=1S/C23H22Cl2N4O2/c1-31-21-10-8-18(13-19(21)25)26-23(30)16-3-2-12-29(14-16)22-11-9-20(27-28-22)15-4-6-17(24)7-5-15/h4-11,13,16H,2-3,12,14H2,1H3,(H,26,30). The molecule has 1 saturated heterocycles. The molecule has 0 saturated carbocycles. The number of amides is 1. The van der Waals surface area contributed by atoms with Gasteiger partial charge in [-0.15, -0.1) is 10.2 Å². The van der Waals surface area contributed by atoms with Gasteiger partial charge in [0.05, 0.1) is 23.7 Å². The minimum absolute atomic E-state index is 0.0309. The van der Waals surface area contributed by atoms with E-state index in [1.54, 1.807) is 25.3 Å². The molecule has 1 fully saturated rings. The molecule has 0 bridgehead atoms. The van der Waals surface area contributed by atoms with Crippen molar-refractivity contribution in [2.24, 2.45) is 5.92 Å². The minimum Gasteiger partial charge on any atom is -0.495 e. The fraction of sp³-hybridized carbons (Fsp3) is 0.261. The summed E-state index contributed by atoms with van der Waals surface area (Å²) in [5.41, 5.74) is 2.39. The first-order valence-electron chi connectivity index (χ1n) is 10.0. The zero-order valence-electron chi connectivity index (χ0n) is 17.0. The van der Waals surface area contributed by atoms with Gasteiger partial charge in [-0.05, 0) is 55.3 Å². The Hall–Kier alpha value is -2.83. The van der Waals surface area contributed by atoms with Crippen LogP contribution >= 0.6 is 23.2 Å². The van der Waals surface area contributed by atoms with E-state index in [4.69, 9.17) is 27.9 Å². The molecule has 31 heavy (non-hydrogen) atoms. The van der Waals surface area contributed by atoms with Crippen LogP contribution in [0.3, 0.4) is 0 Å². The highest BCUT2D eigenvalue weighted by atomic mass is 35.5. The van der Waals surface area contributed by atoms with Crippen LogP contribution in [0.25, 0.3) is 11.3 Å². The molecule has 1 aromatic heterocycles. The Morgan fingerprint density at radius 2 is 1.90 bits per heavy atom. The largest absolute Gasteiger partial charge is 0.495 e. The Bertz CT molecular complexity index is 1060. The van der Waals surface area contributed by atoms with Crippen molar-refractivity contribution in [2.75, 3.05) is 30.4 Å². The summed E-state index contributed by atoms with van der Waals surface area (Å²) < 4.78 is 5.16. The summed E-state index contributed by atoms with van der Waals surface area (Å²) in [6.07, 6.45) is 1.73. The van der Waals surface area contributed by atoms with E-state index in [2.05, 4.69) is 20.4 Å². The highest BCUT2D eigenvalue weighted by Gasteiger charge is 2.27. The van der Waals surface area contributed by atoms with Crippen molar-refractivity contribution in [3.05, 3.63) is 64.6 Å². The van der Waals surface area contributed by atoms with E-state index >= 15 is 0 Å². The zero-order valence-corrected chi connectivity index (χ0v) is 18.5. The van der Waals surface area contributed by atoms with Crippen LogP contribution in [-0.4, -0.2) is 36.3 Å². The zero-order chi connectivity index (χ0) is 21.8. The smallest absolute Gasteiger partial charge is 0.229 e. The molecule has 2 heterocycles. The SMILES string of the molecule is COc1ccc(NC(=O)C2CCCN(c3ccc(-c4ccc(Cl)cc4)nn3)C2)cc1Cl. The van der Waals surface area contributed by atoms with Gasteiger partial charge in [0.1, 0.15) is 5.75 Å². The second-order valence-electron chi connectivity index (χ2n) is 7.41. The van der Waals surface area contributed by atoms with E-state index in [1.807, 2.05) is 36.4 Å². The molecule has 1 aliphatic heterocycles. The van der Waals surface area contributed by atoms with Crippen LogP contribution in [0, 0.1) is 5.92 Å². The number of aromatic nitrogens is 2. The topological polar surface area (TPSA) is 67.3 Å². The molecule has 1 N–H and O–H groups in total. The summed E-state index contributed by atoms with van der Waals surface area (Å²) in [4.78, 5) is 14.9. The summed E-state index contributed by atoms with van der Waals surface area (Å²) in [6, 6.07) is 16.6. The van der Waals surface area contributed by atoms with Crippen molar-refractivity contribution < 1.29 is 9.53 Å². The lowest BCUT2D eigenvalue weighted by molar-refractivity contribution is -0.120. The Morgan fingerprint density at radius 1 is 1.10 bits per heavy atom. The molecule has 4 rings (SSSR count). The van der Waals surface area contributed by atoms with Crippen molar-refractivity contribution in [3.63, 3.8) is 0 Å². The third-order valence-electron chi connectivity index (χ3n) is 5.33. The van der Waals surface area contributed by atoms with Crippen molar-refractivity contribution >= 4 is 40.6 Å². The Labute approximate surface area is 191 Å². The van der Waals surface area contributed by atoms with Crippen LogP contribution in [-0.2, 0) is 4.79 Å². The average molecular weight is 457 g/mol. The highest BCUT2D eigenvalue weighted by Crippen LogP contribution is 2.29. The van der Waals surface area contributed by atoms with Crippen LogP contribution in [0.5, 0.6) is 5.75 Å². The number of benzene rings is 2. The van der Waals surface area contributed by atoms with E-state index in [0.717, 1.165) is 36.5 Å². The highest BCUT2D eigenvalue weighted by molar-refractivity contribution is 6.32. The lowest BCUT2D eigenvalue weighted by Gasteiger charge is -2.32. The first-order chi connectivity index (χ1) is 15.0. The van der Waals surface area contributed by atoms with Gasteiger partial charge in [0.15, 0.2) is 5.82 Å². The lowest BCUT2D eigenvalue weighted by atomic mass is 9.97. The van der Waals surface area contributed by atoms with Crippen molar-refractivity contribution in [2.45, 2.75) is 12.8 Å². The normalized spacial score (nSPS) is 16.1. The number of hydrogen-bond acceptors (Lipinski definition) is 5. The van der Waals surface area contributed by atoms with Crippen LogP contribution in [0.2, 0.25) is 10.0 Å². The molecule has 0 radical (unpaired) electrons. The second-order valence-corrected chi connectivity index (χ2v) is 8.25. The molecule has 1 amide bonds. The van der Waals surface area contributed by atoms with Gasteiger partial charge in [-0.25, -0.2) is 0 Å². The van der Waals surface area contributed by atoms with Gasteiger partial charge in [0.2, 0.25) is 5.91 Å². The van der Waals surface area contributed by atoms with Gasteiger partial charge in [0, 0.05) is 29.4 Å². The number of hydrogen-bond donors (Lipinski definition) is 1. The summed E-state index contributed by atoms with van der Waals surface area (Å²) in [7, 11) is 1.56. The average Bonchev–Trinajstić information content (AvgIpc) is 2.80. The number of carbonyl (C=O) groups excluding carboxylic acids is 1. The maximum absolute atomic E-state index is 12.8. The quantitative estimate of drug-likeness (QED) is 0.562. The van der Waals surface area contributed by atoms with Gasteiger partial charge in [-0.3, -0.25) is 4.79 Å². The Morgan fingerprint density at radius 3 is 2.58 bits per heavy atom. The van der Waals surface area contributed by atoms with Crippen LogP contribution in [0.15, 0.2) is 54.6 Å². The minimum atomic E-state index is -0.146. The number of nitrogens with one attached hydrogen (secondary N) is 1. The molecule has 0 aliphatic carbocycles. The van der Waals surface area contributed by atoms with Crippen molar-refractivity contribution in [3.8, 4) is 17.0 Å². The molecule has 2 aromatic carbocycles. The predicted molar refractivity (Wildman–Crippen MR) is 124 cm³/mol. The van der Waals surface area contributed by atoms with Gasteiger partial charge in [-0.2, -0.15) is 0 Å². The third-order valence-corrected chi connectivity index (χ3v) is 5.87. The van der Waals surface area contributed by atoms with Gasteiger partial charge < -0.3 is 15.0 Å². The van der Waals surface area contributed by atoms with Crippen molar-refractivity contribution in [1.82, 2.24) is 10.2 Å². The number of carbonyl (C=O) groups is 1. The molecule has 1 atom stereocenters. The second kappa shape index (κ2) is 9.54. The number of halogens is 2. The molecule has 160 valence electrons. The Kier molecular flexibility index (Phi) is 6.59. The van der Waals surface area contributed by atoms with Gasteiger partial charge in [-0.1, -0.05) is 35.3 Å². The number of piperidine rings is 1. The predicted octanol–water partition coefficient (Wildman–Crippen LogP) is 5.31. The maximum Gasteiger partial charge on any atom is 0.229 e. The van der Waals surface area contributed by atoms with Crippen LogP contribution in [0.4, 0.5) is 11.5 Å². The van der Waals surface area contributed by atoms with Gasteiger partial charge in [0.25, 0.3) is 0 Å². The molecular weight excluding hydrogens is 435 g/mol. The summed E-state index contributed by atoms with van der Waals surface area (Å²) in [5, 5.41) is 12.8. The lowest BCUT2D eigenvalue weighted by Crippen LogP contribution is -2.41. The Balaban J connectivity index is 1.41. The van der Waals surface area contributed by atoms with E-state index in [1.165, 1.54) is 0 Å². The number of rotatable bonds is 5. The fourth-order valence-corrected chi connectivity index (χ4v) is 4.04. The molecule has 0 spiro atoms. The maximum atomic E-state index is 12.8. The summed E-state index contributed by atoms with van der Waals surface area (Å²) in [6.45, 7) is 1.43. The van der Waals surface area contributed by atoms with E-state index < -0.39 is 0 Å². The van der Waals surface area contributed by atoms with Crippen molar-refractivity contribution in [1.29, 1.82) is 0 Å². The molecule has 1 unspecified atom stereocenters. The van der Waals surface area contributed by atoms with E-state index in [0.29, 0.717) is 28.0 Å². The monoisotopic (exact) mass is 456 g/mol. The number of ether oxygens (including phenoxy) is 1. The number of methoxy groups -OCH3 is 1. The molecule has 8 heteroatoms. The first-order valence-corrected chi connectivity index (χ1v) is 10.8. The molecular formula is C23H22Cl2N4O2. The summed E-state index contributed by atoms with van der Waals surface area (Å²) >= 11 is 12.1. The van der Waals surface area contributed by atoms with Crippen LogP contribution in [0.1, 0.15) is 12.8 Å². The summed E-state index contributed by atoms with van der Waals surface area (Å²) in [5.74, 6) is 1.16. The van der Waals surface area contributed by atoms with E-state index in [9.17, 15) is 4.79 Å². The van der Waals surface area contributed by atoms with Crippen LogP contribution < -0.4 is 15.0 Å². The van der Waals surface area contributed by atoms with Gasteiger partial charge >= 0.3 is 0 Å².